The summed E-state index contributed by atoms with van der Waals surface area (Å²) in [4.78, 5) is 35.7. The van der Waals surface area contributed by atoms with Crippen LogP contribution in [0.3, 0.4) is 0 Å². The summed E-state index contributed by atoms with van der Waals surface area (Å²) >= 11 is 0. The Morgan fingerprint density at radius 3 is 2.79 bits per heavy atom. The SMILES string of the molecule is Cc1cnc(C)c(-c2ccc3c(c2)C[C@H](CNC(=O)CN2C[C@H](c4ccccc4)CC2=O)O3)n1. The first-order chi connectivity index (χ1) is 16.5. The molecule has 2 amide bonds. The van der Waals surface area contributed by atoms with Crippen molar-refractivity contribution in [3.05, 3.63) is 77.2 Å². The fourth-order valence-electron chi connectivity index (χ4n) is 4.72. The van der Waals surface area contributed by atoms with Gasteiger partial charge >= 0.3 is 0 Å². The van der Waals surface area contributed by atoms with Crippen LogP contribution in [-0.2, 0) is 16.0 Å². The molecule has 174 valence electrons. The van der Waals surface area contributed by atoms with Gasteiger partial charge in [-0.2, -0.15) is 0 Å². The molecule has 0 spiro atoms. The van der Waals surface area contributed by atoms with Gasteiger partial charge in [-0.25, -0.2) is 4.98 Å². The molecular weight excluding hydrogens is 428 g/mol. The summed E-state index contributed by atoms with van der Waals surface area (Å²) in [5, 5.41) is 2.94. The lowest BCUT2D eigenvalue weighted by molar-refractivity contribution is -0.133. The fraction of sp³-hybridized carbons (Fsp3) is 0.333. The molecule has 0 aliphatic carbocycles. The van der Waals surface area contributed by atoms with Crippen LogP contribution in [0, 0.1) is 13.8 Å². The minimum absolute atomic E-state index is 0.0237. The number of nitrogens with zero attached hydrogens (tertiary/aromatic N) is 3. The van der Waals surface area contributed by atoms with Gasteiger partial charge < -0.3 is 15.0 Å². The Morgan fingerprint density at radius 1 is 1.15 bits per heavy atom. The number of aryl methyl sites for hydroxylation is 2. The number of aromatic nitrogens is 2. The Bertz CT molecular complexity index is 1230. The number of nitrogens with one attached hydrogen (secondary N) is 1. The quantitative estimate of drug-likeness (QED) is 0.616. The average molecular weight is 457 g/mol. The summed E-state index contributed by atoms with van der Waals surface area (Å²) in [7, 11) is 0. The van der Waals surface area contributed by atoms with Gasteiger partial charge in [-0.15, -0.1) is 0 Å². The lowest BCUT2D eigenvalue weighted by atomic mass is 9.99. The van der Waals surface area contributed by atoms with Crippen LogP contribution in [0.15, 0.2) is 54.7 Å². The van der Waals surface area contributed by atoms with Gasteiger partial charge in [-0.3, -0.25) is 14.6 Å². The van der Waals surface area contributed by atoms with Crippen molar-refractivity contribution in [2.24, 2.45) is 0 Å². The molecule has 0 saturated carbocycles. The largest absolute Gasteiger partial charge is 0.488 e. The number of fused-ring (bicyclic) bond motifs is 1. The number of carbonyl (C=O) groups excluding carboxylic acids is 2. The van der Waals surface area contributed by atoms with Crippen LogP contribution >= 0.6 is 0 Å². The number of benzene rings is 2. The lowest BCUT2D eigenvalue weighted by Gasteiger charge is -2.17. The molecule has 1 fully saturated rings. The summed E-state index contributed by atoms with van der Waals surface area (Å²) in [6.07, 6.45) is 2.79. The van der Waals surface area contributed by atoms with Gasteiger partial charge in [0.05, 0.1) is 30.2 Å². The number of hydrogen-bond acceptors (Lipinski definition) is 5. The first kappa shape index (κ1) is 22.1. The minimum Gasteiger partial charge on any atom is -0.488 e. The van der Waals surface area contributed by atoms with Gasteiger partial charge in [0, 0.05) is 37.1 Å². The van der Waals surface area contributed by atoms with Gasteiger partial charge in [-0.1, -0.05) is 30.3 Å². The van der Waals surface area contributed by atoms with Crippen molar-refractivity contribution < 1.29 is 14.3 Å². The highest BCUT2D eigenvalue weighted by molar-refractivity contribution is 5.86. The summed E-state index contributed by atoms with van der Waals surface area (Å²) < 4.78 is 6.04. The molecule has 2 aliphatic rings. The number of hydrogen-bond donors (Lipinski definition) is 1. The van der Waals surface area contributed by atoms with E-state index in [1.807, 2.05) is 56.3 Å². The zero-order valence-electron chi connectivity index (χ0n) is 19.5. The second-order valence-electron chi connectivity index (χ2n) is 9.10. The van der Waals surface area contributed by atoms with Crippen molar-refractivity contribution in [3.8, 4) is 17.0 Å². The molecule has 3 aromatic rings. The summed E-state index contributed by atoms with van der Waals surface area (Å²) in [6, 6.07) is 16.1. The molecule has 0 unspecified atom stereocenters. The van der Waals surface area contributed by atoms with E-state index in [4.69, 9.17) is 4.74 Å². The molecule has 1 N–H and O–H groups in total. The Hall–Kier alpha value is -3.74. The van der Waals surface area contributed by atoms with Crippen molar-refractivity contribution in [2.75, 3.05) is 19.6 Å². The van der Waals surface area contributed by atoms with Crippen molar-refractivity contribution in [3.63, 3.8) is 0 Å². The Kier molecular flexibility index (Phi) is 6.01. The van der Waals surface area contributed by atoms with Crippen LogP contribution in [0.25, 0.3) is 11.3 Å². The minimum atomic E-state index is -0.159. The third kappa shape index (κ3) is 4.64. The molecule has 2 aliphatic heterocycles. The highest BCUT2D eigenvalue weighted by Gasteiger charge is 2.32. The molecule has 7 nitrogen and oxygen atoms in total. The molecule has 1 saturated heterocycles. The van der Waals surface area contributed by atoms with E-state index in [0.29, 0.717) is 25.9 Å². The normalized spacial score (nSPS) is 19.1. The second kappa shape index (κ2) is 9.25. The van der Waals surface area contributed by atoms with Crippen LogP contribution in [0.5, 0.6) is 5.75 Å². The lowest BCUT2D eigenvalue weighted by Crippen LogP contribution is -2.41. The molecule has 1 aromatic heterocycles. The average Bonchev–Trinajstić information content (AvgIpc) is 3.42. The monoisotopic (exact) mass is 456 g/mol. The van der Waals surface area contributed by atoms with Crippen LogP contribution < -0.4 is 10.1 Å². The standard InChI is InChI=1S/C27H28N4O3/c1-17-13-28-18(2)27(30-17)20-8-9-24-21(10-20)11-23(34-24)14-29-25(32)16-31-15-22(12-26(31)33)19-6-4-3-5-7-19/h3-10,13,22-23H,11-12,14-16H2,1-2H3,(H,29,32)/t22-,23-/m1/s1. The molecule has 5 rings (SSSR count). The molecule has 0 radical (unpaired) electrons. The topological polar surface area (TPSA) is 84.4 Å². The van der Waals surface area contributed by atoms with Gasteiger partial charge in [0.15, 0.2) is 0 Å². The summed E-state index contributed by atoms with van der Waals surface area (Å²) in [5.41, 5.74) is 5.90. The van der Waals surface area contributed by atoms with E-state index in [1.54, 1.807) is 11.1 Å². The smallest absolute Gasteiger partial charge is 0.239 e. The van der Waals surface area contributed by atoms with Crippen LogP contribution in [0.2, 0.25) is 0 Å². The molecule has 7 heteroatoms. The third-order valence-electron chi connectivity index (χ3n) is 6.50. The number of carbonyl (C=O) groups is 2. The maximum Gasteiger partial charge on any atom is 0.239 e. The summed E-state index contributed by atoms with van der Waals surface area (Å²) in [6.45, 7) is 4.94. The first-order valence-electron chi connectivity index (χ1n) is 11.7. The van der Waals surface area contributed by atoms with Gasteiger partial charge in [0.2, 0.25) is 11.8 Å². The van der Waals surface area contributed by atoms with Crippen LogP contribution in [-0.4, -0.2) is 52.4 Å². The Balaban J connectivity index is 1.15. The van der Waals surface area contributed by atoms with Crippen molar-refractivity contribution in [1.29, 1.82) is 0 Å². The number of likely N-dealkylation sites (tertiary alicyclic amines) is 1. The van der Waals surface area contributed by atoms with Crippen LogP contribution in [0.1, 0.15) is 34.9 Å². The van der Waals surface area contributed by atoms with E-state index >= 15 is 0 Å². The Morgan fingerprint density at radius 2 is 1.97 bits per heavy atom. The van der Waals surface area contributed by atoms with E-state index in [1.165, 1.54) is 0 Å². The van der Waals surface area contributed by atoms with Crippen molar-refractivity contribution in [1.82, 2.24) is 20.2 Å². The number of ether oxygens (including phenoxy) is 1. The fourth-order valence-corrected chi connectivity index (χ4v) is 4.72. The first-order valence-corrected chi connectivity index (χ1v) is 11.7. The predicted molar refractivity (Wildman–Crippen MR) is 128 cm³/mol. The highest BCUT2D eigenvalue weighted by Crippen LogP contribution is 2.33. The van der Waals surface area contributed by atoms with E-state index < -0.39 is 0 Å². The van der Waals surface area contributed by atoms with Gasteiger partial charge in [0.1, 0.15) is 11.9 Å². The predicted octanol–water partition coefficient (Wildman–Crippen LogP) is 3.20. The van der Waals surface area contributed by atoms with E-state index in [9.17, 15) is 9.59 Å². The molecule has 2 atom stereocenters. The van der Waals surface area contributed by atoms with Crippen molar-refractivity contribution >= 4 is 11.8 Å². The zero-order chi connectivity index (χ0) is 23.7. The van der Waals surface area contributed by atoms with E-state index in [2.05, 4.69) is 21.4 Å². The second-order valence-corrected chi connectivity index (χ2v) is 9.10. The number of amides is 2. The third-order valence-corrected chi connectivity index (χ3v) is 6.50. The summed E-state index contributed by atoms with van der Waals surface area (Å²) in [5.74, 6) is 0.843. The highest BCUT2D eigenvalue weighted by atomic mass is 16.5. The van der Waals surface area contributed by atoms with Crippen LogP contribution in [0.4, 0.5) is 0 Å². The van der Waals surface area contributed by atoms with Gasteiger partial charge in [-0.05, 0) is 43.2 Å². The van der Waals surface area contributed by atoms with E-state index in [0.717, 1.165) is 39.5 Å². The Labute approximate surface area is 199 Å². The molecule has 3 heterocycles. The molecule has 0 bridgehead atoms. The molecule has 34 heavy (non-hydrogen) atoms. The van der Waals surface area contributed by atoms with E-state index in [-0.39, 0.29) is 30.4 Å². The maximum absolute atomic E-state index is 12.6. The zero-order valence-corrected chi connectivity index (χ0v) is 19.5. The molecular formula is C27H28N4O3. The molecule has 2 aromatic carbocycles. The van der Waals surface area contributed by atoms with Crippen molar-refractivity contribution in [2.45, 2.75) is 38.7 Å². The maximum atomic E-state index is 12.6. The number of rotatable bonds is 6. The van der Waals surface area contributed by atoms with Gasteiger partial charge in [0.25, 0.3) is 0 Å².